The Labute approximate surface area is 292 Å². The average molecular weight is 639 g/mol. The molecule has 0 aliphatic rings. The van der Waals surface area contributed by atoms with Gasteiger partial charge in [0.15, 0.2) is 0 Å². The highest BCUT2D eigenvalue weighted by molar-refractivity contribution is 6.23. The lowest BCUT2D eigenvalue weighted by Crippen LogP contribution is -2.18. The van der Waals surface area contributed by atoms with Crippen molar-refractivity contribution in [3.05, 3.63) is 168 Å². The predicted octanol–water partition coefficient (Wildman–Crippen LogP) is 13.8. The van der Waals surface area contributed by atoms with Crippen LogP contribution in [0.4, 0.5) is 34.1 Å². The number of fused-ring (bicyclic) bond motifs is 3. The third-order valence-electron chi connectivity index (χ3n) is 9.66. The molecule has 0 aromatic heterocycles. The Hall–Kier alpha value is -5.34. The van der Waals surface area contributed by atoms with Crippen molar-refractivity contribution < 1.29 is 0 Å². The molecule has 7 rings (SSSR count). The van der Waals surface area contributed by atoms with Gasteiger partial charge in [0, 0.05) is 33.5 Å². The number of unbranched alkanes of at least 4 members (excludes halogenated alkanes) is 1. The third kappa shape index (κ3) is 6.56. The minimum atomic E-state index is 1.07. The van der Waals surface area contributed by atoms with Gasteiger partial charge in [0.25, 0.3) is 0 Å². The quantitative estimate of drug-likeness (QED) is 0.103. The fourth-order valence-electron chi connectivity index (χ4n) is 7.05. The Morgan fingerprint density at radius 1 is 0.367 bits per heavy atom. The Bertz CT molecular complexity index is 2160. The van der Waals surface area contributed by atoms with Crippen molar-refractivity contribution in [3.63, 3.8) is 0 Å². The summed E-state index contributed by atoms with van der Waals surface area (Å²) in [5.41, 5.74) is 12.1. The molecule has 0 N–H and O–H groups in total. The van der Waals surface area contributed by atoms with E-state index < -0.39 is 0 Å². The highest BCUT2D eigenvalue weighted by Crippen LogP contribution is 2.53. The molecule has 0 unspecified atom stereocenters. The first-order chi connectivity index (χ1) is 24.1. The number of anilines is 6. The number of aryl methyl sites for hydroxylation is 4. The molecule has 0 aliphatic heterocycles. The van der Waals surface area contributed by atoms with E-state index in [4.69, 9.17) is 0 Å². The van der Waals surface area contributed by atoms with Crippen LogP contribution in [0.25, 0.3) is 21.5 Å². The number of nitrogens with zero attached hydrogens (tertiary/aromatic N) is 2. The van der Waals surface area contributed by atoms with E-state index in [2.05, 4.69) is 183 Å². The normalized spacial score (nSPS) is 11.3. The second-order valence-electron chi connectivity index (χ2n) is 13.3. The van der Waals surface area contributed by atoms with Gasteiger partial charge in [0.1, 0.15) is 0 Å². The second kappa shape index (κ2) is 14.4. The fourth-order valence-corrected chi connectivity index (χ4v) is 7.05. The van der Waals surface area contributed by atoms with E-state index in [1.807, 2.05) is 0 Å². The maximum absolute atomic E-state index is 2.49. The maximum Gasteiger partial charge on any atom is 0.0788 e. The van der Waals surface area contributed by atoms with Gasteiger partial charge in [-0.2, -0.15) is 0 Å². The summed E-state index contributed by atoms with van der Waals surface area (Å²) in [4.78, 5) is 4.97. The van der Waals surface area contributed by atoms with Crippen LogP contribution in [-0.2, 0) is 12.8 Å². The maximum atomic E-state index is 2.49. The van der Waals surface area contributed by atoms with Crippen LogP contribution in [-0.4, -0.2) is 0 Å². The first kappa shape index (κ1) is 32.2. The zero-order valence-electron chi connectivity index (χ0n) is 29.3. The van der Waals surface area contributed by atoms with E-state index in [1.165, 1.54) is 56.6 Å². The molecule has 0 aliphatic carbocycles. The van der Waals surface area contributed by atoms with Gasteiger partial charge in [-0.15, -0.1) is 0 Å². The molecule has 0 radical (unpaired) electrons. The Morgan fingerprint density at radius 2 is 0.714 bits per heavy atom. The molecule has 7 aromatic rings. The van der Waals surface area contributed by atoms with Crippen LogP contribution in [0.2, 0.25) is 0 Å². The van der Waals surface area contributed by atoms with E-state index >= 15 is 0 Å². The topological polar surface area (TPSA) is 6.48 Å². The number of hydrogen-bond acceptors (Lipinski definition) is 2. The van der Waals surface area contributed by atoms with Gasteiger partial charge >= 0.3 is 0 Å². The number of benzene rings is 7. The Morgan fingerprint density at radius 3 is 1.08 bits per heavy atom. The Balaban J connectivity index is 1.60. The van der Waals surface area contributed by atoms with Gasteiger partial charge in [-0.25, -0.2) is 0 Å². The first-order valence-electron chi connectivity index (χ1n) is 17.9. The first-order valence-corrected chi connectivity index (χ1v) is 17.9. The molecule has 0 heterocycles. The molecule has 0 bridgehead atoms. The van der Waals surface area contributed by atoms with Crippen LogP contribution >= 0.6 is 0 Å². The van der Waals surface area contributed by atoms with Gasteiger partial charge in [-0.3, -0.25) is 0 Å². The summed E-state index contributed by atoms with van der Waals surface area (Å²) in [7, 11) is 0. The second-order valence-corrected chi connectivity index (χ2v) is 13.3. The molecule has 0 saturated carbocycles. The van der Waals surface area contributed by atoms with Crippen molar-refractivity contribution in [3.8, 4) is 0 Å². The molecule has 0 fully saturated rings. The molecule has 7 aromatic carbocycles. The molecule has 0 spiro atoms. The zero-order chi connectivity index (χ0) is 33.7. The monoisotopic (exact) mass is 638 g/mol. The lowest BCUT2D eigenvalue weighted by molar-refractivity contribution is 0.795. The number of hydrogen-bond donors (Lipinski definition) is 0. The zero-order valence-corrected chi connectivity index (χ0v) is 29.3. The summed E-state index contributed by atoms with van der Waals surface area (Å²) < 4.78 is 0. The van der Waals surface area contributed by atoms with Gasteiger partial charge in [0.2, 0.25) is 0 Å². The van der Waals surface area contributed by atoms with Crippen LogP contribution < -0.4 is 9.80 Å². The van der Waals surface area contributed by atoms with E-state index in [1.54, 1.807) is 0 Å². The van der Waals surface area contributed by atoms with Gasteiger partial charge in [-0.05, 0) is 104 Å². The molecule has 0 saturated heterocycles. The van der Waals surface area contributed by atoms with Gasteiger partial charge in [-0.1, -0.05) is 135 Å². The van der Waals surface area contributed by atoms with Crippen LogP contribution in [0.1, 0.15) is 55.4 Å². The summed E-state index contributed by atoms with van der Waals surface area (Å²) in [5, 5.41) is 4.92. The lowest BCUT2D eigenvalue weighted by atomic mass is 9.95. The molecular weight excluding hydrogens is 593 g/mol. The molecular formula is C47H46N2. The highest BCUT2D eigenvalue weighted by atomic mass is 15.2. The summed E-state index contributed by atoms with van der Waals surface area (Å²) >= 11 is 0. The molecule has 2 nitrogen and oxygen atoms in total. The highest BCUT2D eigenvalue weighted by Gasteiger charge is 2.27. The summed E-state index contributed by atoms with van der Waals surface area (Å²) in [6, 6.07) is 54.3. The van der Waals surface area contributed by atoms with Crippen molar-refractivity contribution in [2.75, 3.05) is 9.80 Å². The van der Waals surface area contributed by atoms with Crippen LogP contribution in [0.15, 0.2) is 146 Å². The minimum absolute atomic E-state index is 1.07. The SMILES string of the molecule is CCCCc1ccc(N(c2ccc(C)cc2)c2c(N(c3ccc(C)cc3)c3ccc(CCC)cc3)c3ccccc3c3ccccc23)cc1. The third-order valence-corrected chi connectivity index (χ3v) is 9.66. The summed E-state index contributed by atoms with van der Waals surface area (Å²) in [6.07, 6.45) is 5.69. The van der Waals surface area contributed by atoms with E-state index in [9.17, 15) is 0 Å². The van der Waals surface area contributed by atoms with Crippen LogP contribution in [0.3, 0.4) is 0 Å². The van der Waals surface area contributed by atoms with Crippen LogP contribution in [0.5, 0.6) is 0 Å². The molecule has 0 amide bonds. The summed E-state index contributed by atoms with van der Waals surface area (Å²) in [5.74, 6) is 0. The average Bonchev–Trinajstić information content (AvgIpc) is 3.14. The Kier molecular flexibility index (Phi) is 9.48. The van der Waals surface area contributed by atoms with Crippen molar-refractivity contribution in [1.29, 1.82) is 0 Å². The molecule has 2 heteroatoms. The number of rotatable bonds is 11. The molecule has 0 atom stereocenters. The summed E-state index contributed by atoms with van der Waals surface area (Å²) in [6.45, 7) is 8.83. The van der Waals surface area contributed by atoms with Gasteiger partial charge in [0.05, 0.1) is 11.4 Å². The van der Waals surface area contributed by atoms with E-state index in [-0.39, 0.29) is 0 Å². The van der Waals surface area contributed by atoms with E-state index in [0.29, 0.717) is 0 Å². The van der Waals surface area contributed by atoms with Crippen molar-refractivity contribution in [2.24, 2.45) is 0 Å². The van der Waals surface area contributed by atoms with Crippen molar-refractivity contribution in [2.45, 2.75) is 59.8 Å². The van der Waals surface area contributed by atoms with Crippen molar-refractivity contribution in [1.82, 2.24) is 0 Å². The standard InChI is InChI=1S/C47H46N2/c1-5-7-13-37-24-32-41(33-25-37)49(39-28-20-35(4)21-29-39)47-45-17-11-9-15-43(45)42-14-8-10-16-44(42)46(47)48(38-26-18-34(3)19-27-38)40-30-22-36(12-6-2)23-31-40/h8-11,14-33H,5-7,12-13H2,1-4H3. The molecule has 244 valence electrons. The largest absolute Gasteiger partial charge is 0.308 e. The smallest absolute Gasteiger partial charge is 0.0788 e. The lowest BCUT2D eigenvalue weighted by Gasteiger charge is -2.35. The predicted molar refractivity (Wildman–Crippen MR) is 213 cm³/mol. The minimum Gasteiger partial charge on any atom is -0.308 e. The van der Waals surface area contributed by atoms with Crippen LogP contribution in [0, 0.1) is 13.8 Å². The van der Waals surface area contributed by atoms with Gasteiger partial charge < -0.3 is 9.80 Å². The van der Waals surface area contributed by atoms with Crippen molar-refractivity contribution >= 4 is 55.7 Å². The van der Waals surface area contributed by atoms with E-state index in [0.717, 1.165) is 53.4 Å². The fraction of sp³-hybridized carbons (Fsp3) is 0.191. The molecule has 49 heavy (non-hydrogen) atoms.